The third kappa shape index (κ3) is 8.62. The highest BCUT2D eigenvalue weighted by atomic mass is 16.5. The van der Waals surface area contributed by atoms with Crippen molar-refractivity contribution in [2.24, 2.45) is 0 Å². The first-order chi connectivity index (χ1) is 18.5. The minimum absolute atomic E-state index is 0.0284. The van der Waals surface area contributed by atoms with Gasteiger partial charge in [0.15, 0.2) is 5.78 Å². The molecular weight excluding hydrogens is 488 g/mol. The molecule has 3 rings (SSSR count). The first-order valence-electron chi connectivity index (χ1n) is 14.1. The molecule has 0 radical (unpaired) electrons. The van der Waals surface area contributed by atoms with Gasteiger partial charge in [0, 0.05) is 30.6 Å². The lowest BCUT2D eigenvalue weighted by Gasteiger charge is -2.42. The zero-order valence-corrected chi connectivity index (χ0v) is 24.2. The summed E-state index contributed by atoms with van der Waals surface area (Å²) in [7, 11) is 0. The molecule has 210 valence electrons. The zero-order valence-electron chi connectivity index (χ0n) is 24.2. The van der Waals surface area contributed by atoms with Gasteiger partial charge in [-0.1, -0.05) is 71.4 Å². The molecule has 0 bridgehead atoms. The number of carbonyl (C=O) groups excluding carboxylic acids is 3. The standard InChI is InChI=1S/C33H44N2O4/c1-6-7-8-30(37)34-19-21-39-22-20-35-31(38)25-12-9-24(10-13-25)11-16-29(36)26-14-15-27-28(23-26)33(4,5)18-17-32(27,2)3/h9-16,23H,6-8,17-22H2,1-5H3,(H,34,37)(H,35,38)/b16-11+. The second-order valence-electron chi connectivity index (χ2n) is 11.7. The average Bonchev–Trinajstić information content (AvgIpc) is 2.92. The summed E-state index contributed by atoms with van der Waals surface area (Å²) in [5.41, 5.74) is 4.88. The van der Waals surface area contributed by atoms with E-state index in [0.717, 1.165) is 31.2 Å². The van der Waals surface area contributed by atoms with Gasteiger partial charge in [-0.05, 0) is 71.1 Å². The van der Waals surface area contributed by atoms with Crippen molar-refractivity contribution in [3.63, 3.8) is 0 Å². The van der Waals surface area contributed by atoms with Crippen LogP contribution in [-0.4, -0.2) is 43.9 Å². The van der Waals surface area contributed by atoms with E-state index in [0.29, 0.717) is 43.9 Å². The summed E-state index contributed by atoms with van der Waals surface area (Å²) in [6.45, 7) is 12.8. The molecule has 2 amide bonds. The second kappa shape index (κ2) is 13.7. The number of carbonyl (C=O) groups is 3. The SMILES string of the molecule is CCCCC(=O)NCCOCCNC(=O)c1ccc(/C=C/C(=O)c2ccc3c(c2)C(C)(C)CCC3(C)C)cc1. The third-order valence-electron chi connectivity index (χ3n) is 7.60. The molecule has 0 aliphatic heterocycles. The van der Waals surface area contributed by atoms with Crippen molar-refractivity contribution in [2.45, 2.75) is 77.6 Å². The Hall–Kier alpha value is -3.25. The maximum Gasteiger partial charge on any atom is 0.251 e. The summed E-state index contributed by atoms with van der Waals surface area (Å²) >= 11 is 0. The smallest absolute Gasteiger partial charge is 0.251 e. The fraction of sp³-hybridized carbons (Fsp3) is 0.485. The quantitative estimate of drug-likeness (QED) is 0.189. The Kier molecular flexibility index (Phi) is 10.6. The number of amides is 2. The van der Waals surface area contributed by atoms with E-state index in [1.165, 1.54) is 11.1 Å². The van der Waals surface area contributed by atoms with E-state index in [4.69, 9.17) is 4.74 Å². The van der Waals surface area contributed by atoms with Crippen LogP contribution in [0.1, 0.15) is 104 Å². The normalized spacial score (nSPS) is 15.5. The fourth-order valence-electron chi connectivity index (χ4n) is 4.88. The molecule has 1 aliphatic rings. The number of nitrogens with one attached hydrogen (secondary N) is 2. The number of ether oxygens (including phenoxy) is 1. The Morgan fingerprint density at radius 1 is 0.846 bits per heavy atom. The van der Waals surface area contributed by atoms with Crippen LogP contribution in [0.15, 0.2) is 48.5 Å². The molecule has 1 aliphatic carbocycles. The number of unbranched alkanes of at least 4 members (excludes halogenated alkanes) is 1. The molecule has 39 heavy (non-hydrogen) atoms. The van der Waals surface area contributed by atoms with Crippen molar-refractivity contribution in [3.05, 3.63) is 76.4 Å². The minimum Gasteiger partial charge on any atom is -0.378 e. The van der Waals surface area contributed by atoms with Crippen LogP contribution < -0.4 is 10.6 Å². The van der Waals surface area contributed by atoms with Gasteiger partial charge in [-0.25, -0.2) is 0 Å². The lowest BCUT2D eigenvalue weighted by atomic mass is 9.63. The highest BCUT2D eigenvalue weighted by Gasteiger charge is 2.37. The molecule has 0 fully saturated rings. The molecule has 0 spiro atoms. The lowest BCUT2D eigenvalue weighted by Crippen LogP contribution is -2.34. The van der Waals surface area contributed by atoms with Crippen LogP contribution in [0.25, 0.3) is 6.08 Å². The monoisotopic (exact) mass is 532 g/mol. The van der Waals surface area contributed by atoms with E-state index in [1.807, 2.05) is 18.2 Å². The molecule has 2 aromatic rings. The van der Waals surface area contributed by atoms with E-state index in [-0.39, 0.29) is 28.4 Å². The molecule has 6 heteroatoms. The summed E-state index contributed by atoms with van der Waals surface area (Å²) in [6.07, 6.45) is 8.06. The van der Waals surface area contributed by atoms with Crippen LogP contribution >= 0.6 is 0 Å². The van der Waals surface area contributed by atoms with Crippen LogP contribution in [-0.2, 0) is 20.4 Å². The Balaban J connectivity index is 1.46. The fourth-order valence-corrected chi connectivity index (χ4v) is 4.88. The summed E-state index contributed by atoms with van der Waals surface area (Å²) in [5.74, 6) is -0.167. The lowest BCUT2D eigenvalue weighted by molar-refractivity contribution is -0.121. The summed E-state index contributed by atoms with van der Waals surface area (Å²) in [4.78, 5) is 36.9. The molecular formula is C33H44N2O4. The Morgan fingerprint density at radius 2 is 1.46 bits per heavy atom. The number of rotatable bonds is 13. The van der Waals surface area contributed by atoms with Gasteiger partial charge in [0.2, 0.25) is 5.91 Å². The van der Waals surface area contributed by atoms with Crippen molar-refractivity contribution in [3.8, 4) is 0 Å². The number of hydrogen-bond donors (Lipinski definition) is 2. The number of fused-ring (bicyclic) bond motifs is 1. The first kappa shape index (κ1) is 30.3. The largest absolute Gasteiger partial charge is 0.378 e. The highest BCUT2D eigenvalue weighted by Crippen LogP contribution is 2.45. The Morgan fingerprint density at radius 3 is 2.13 bits per heavy atom. The van der Waals surface area contributed by atoms with Gasteiger partial charge in [0.25, 0.3) is 5.91 Å². The van der Waals surface area contributed by atoms with Crippen LogP contribution in [0.4, 0.5) is 0 Å². The van der Waals surface area contributed by atoms with E-state index in [2.05, 4.69) is 57.4 Å². The van der Waals surface area contributed by atoms with Gasteiger partial charge < -0.3 is 15.4 Å². The van der Waals surface area contributed by atoms with E-state index in [9.17, 15) is 14.4 Å². The summed E-state index contributed by atoms with van der Waals surface area (Å²) < 4.78 is 5.47. The zero-order chi connectivity index (χ0) is 28.5. The van der Waals surface area contributed by atoms with Crippen LogP contribution in [0.3, 0.4) is 0 Å². The molecule has 0 heterocycles. The molecule has 2 N–H and O–H groups in total. The van der Waals surface area contributed by atoms with Crippen LogP contribution in [0, 0.1) is 0 Å². The van der Waals surface area contributed by atoms with Gasteiger partial charge in [0.1, 0.15) is 0 Å². The minimum atomic E-state index is -0.183. The van der Waals surface area contributed by atoms with Crippen molar-refractivity contribution in [2.75, 3.05) is 26.3 Å². The van der Waals surface area contributed by atoms with Crippen molar-refractivity contribution in [1.29, 1.82) is 0 Å². The van der Waals surface area contributed by atoms with Gasteiger partial charge in [0.05, 0.1) is 13.2 Å². The Labute approximate surface area is 233 Å². The number of hydrogen-bond acceptors (Lipinski definition) is 4. The van der Waals surface area contributed by atoms with Crippen LogP contribution in [0.5, 0.6) is 0 Å². The highest BCUT2D eigenvalue weighted by molar-refractivity contribution is 6.07. The molecule has 0 saturated heterocycles. The van der Waals surface area contributed by atoms with Gasteiger partial charge in [-0.15, -0.1) is 0 Å². The van der Waals surface area contributed by atoms with Crippen LogP contribution in [0.2, 0.25) is 0 Å². The molecule has 0 aromatic heterocycles. The van der Waals surface area contributed by atoms with Gasteiger partial charge in [-0.3, -0.25) is 14.4 Å². The van der Waals surface area contributed by atoms with Gasteiger partial charge in [-0.2, -0.15) is 0 Å². The van der Waals surface area contributed by atoms with E-state index < -0.39 is 0 Å². The maximum absolute atomic E-state index is 13.0. The number of ketones is 1. The molecule has 2 aromatic carbocycles. The topological polar surface area (TPSA) is 84.5 Å². The predicted octanol–water partition coefficient (Wildman–Crippen LogP) is 5.98. The molecule has 0 unspecified atom stereocenters. The Bertz CT molecular complexity index is 1180. The van der Waals surface area contributed by atoms with Crippen molar-refractivity contribution in [1.82, 2.24) is 10.6 Å². The van der Waals surface area contributed by atoms with Gasteiger partial charge >= 0.3 is 0 Å². The maximum atomic E-state index is 13.0. The van der Waals surface area contributed by atoms with Crippen molar-refractivity contribution < 1.29 is 19.1 Å². The first-order valence-corrected chi connectivity index (χ1v) is 14.1. The number of allylic oxidation sites excluding steroid dienone is 1. The molecule has 0 atom stereocenters. The summed E-state index contributed by atoms with van der Waals surface area (Å²) in [5, 5.41) is 5.65. The average molecular weight is 533 g/mol. The van der Waals surface area contributed by atoms with Crippen molar-refractivity contribution >= 4 is 23.7 Å². The van der Waals surface area contributed by atoms with E-state index in [1.54, 1.807) is 24.3 Å². The molecule has 0 saturated carbocycles. The third-order valence-corrected chi connectivity index (χ3v) is 7.60. The number of benzene rings is 2. The van der Waals surface area contributed by atoms with E-state index >= 15 is 0 Å². The summed E-state index contributed by atoms with van der Waals surface area (Å²) in [6, 6.07) is 13.3. The second-order valence-corrected chi connectivity index (χ2v) is 11.7. The predicted molar refractivity (Wildman–Crippen MR) is 157 cm³/mol. The molecule has 6 nitrogen and oxygen atoms in total.